The van der Waals surface area contributed by atoms with E-state index < -0.39 is 23.5 Å². The molecule has 0 heterocycles. The lowest BCUT2D eigenvalue weighted by atomic mass is 9.95. The Morgan fingerprint density at radius 2 is 2.07 bits per heavy atom. The molecule has 0 aliphatic heterocycles. The first-order chi connectivity index (χ1) is 6.95. The molecule has 15 heavy (non-hydrogen) atoms. The van der Waals surface area contributed by atoms with E-state index in [0.717, 1.165) is 13.0 Å². The van der Waals surface area contributed by atoms with Crippen molar-refractivity contribution in [1.29, 1.82) is 0 Å². The molecule has 5 heteroatoms. The fourth-order valence-electron chi connectivity index (χ4n) is 1.29. The largest absolute Gasteiger partial charge is 0.480 e. The number of carbonyl (C=O) groups excluding carboxylic acids is 1. The summed E-state index contributed by atoms with van der Waals surface area (Å²) in [5, 5.41) is 8.74. The third-order valence-electron chi connectivity index (χ3n) is 1.94. The Kier molecular flexibility index (Phi) is 3.42. The smallest absolute Gasteiger partial charge is 0.318 e. The Balaban J connectivity index is 3.35. The molecular weight excluding hydrogens is 223 g/mol. The number of carboxylic acids is 1. The lowest BCUT2D eigenvalue weighted by Gasteiger charge is -2.11. The Labute approximate surface area is 90.5 Å². The molecule has 1 aromatic carbocycles. The number of hydrogen-bond acceptors (Lipinski definition) is 2. The van der Waals surface area contributed by atoms with Crippen LogP contribution in [-0.4, -0.2) is 16.9 Å². The second kappa shape index (κ2) is 4.40. The van der Waals surface area contributed by atoms with E-state index in [1.807, 2.05) is 0 Å². The summed E-state index contributed by atoms with van der Waals surface area (Å²) in [6, 6.07) is 3.76. The molecule has 0 fully saturated rings. The van der Waals surface area contributed by atoms with Gasteiger partial charge >= 0.3 is 5.97 Å². The van der Waals surface area contributed by atoms with Crippen molar-refractivity contribution in [3.63, 3.8) is 0 Å². The molecule has 0 aliphatic carbocycles. The fourth-order valence-corrected chi connectivity index (χ4v) is 1.56. The SMILES string of the molecule is CC(=O)[C@@H](C(=O)O)c1c(F)cccc1Cl. The van der Waals surface area contributed by atoms with Crippen LogP contribution in [0.2, 0.25) is 5.02 Å². The molecule has 0 amide bonds. The molecule has 0 aliphatic rings. The van der Waals surface area contributed by atoms with Gasteiger partial charge in [-0.1, -0.05) is 17.7 Å². The van der Waals surface area contributed by atoms with Crippen LogP contribution in [0.15, 0.2) is 18.2 Å². The summed E-state index contributed by atoms with van der Waals surface area (Å²) in [5.74, 6) is -4.40. The summed E-state index contributed by atoms with van der Waals surface area (Å²) in [7, 11) is 0. The van der Waals surface area contributed by atoms with Crippen molar-refractivity contribution >= 4 is 23.4 Å². The molecule has 1 aromatic rings. The molecule has 80 valence electrons. The summed E-state index contributed by atoms with van der Waals surface area (Å²) in [6.07, 6.45) is 0. The highest BCUT2D eigenvalue weighted by Gasteiger charge is 2.29. The van der Waals surface area contributed by atoms with Gasteiger partial charge in [0.25, 0.3) is 0 Å². The molecule has 0 saturated heterocycles. The average Bonchev–Trinajstić information content (AvgIpc) is 2.09. The van der Waals surface area contributed by atoms with Gasteiger partial charge in [0.15, 0.2) is 0 Å². The minimum Gasteiger partial charge on any atom is -0.480 e. The third-order valence-corrected chi connectivity index (χ3v) is 2.27. The normalized spacial score (nSPS) is 12.2. The van der Waals surface area contributed by atoms with Crippen LogP contribution in [0.25, 0.3) is 0 Å². The van der Waals surface area contributed by atoms with Crippen LogP contribution in [0.1, 0.15) is 18.4 Å². The molecule has 0 saturated carbocycles. The number of benzene rings is 1. The van der Waals surface area contributed by atoms with Crippen molar-refractivity contribution in [3.8, 4) is 0 Å². The minimum atomic E-state index is -1.54. The van der Waals surface area contributed by atoms with Crippen molar-refractivity contribution in [2.24, 2.45) is 0 Å². The quantitative estimate of drug-likeness (QED) is 0.811. The Morgan fingerprint density at radius 1 is 1.47 bits per heavy atom. The van der Waals surface area contributed by atoms with Gasteiger partial charge in [0.05, 0.1) is 0 Å². The highest BCUT2D eigenvalue weighted by molar-refractivity contribution is 6.32. The van der Waals surface area contributed by atoms with Gasteiger partial charge in [-0.05, 0) is 19.1 Å². The molecule has 1 atom stereocenters. The predicted octanol–water partition coefficient (Wildman–Crippen LogP) is 2.24. The van der Waals surface area contributed by atoms with Gasteiger partial charge in [0.1, 0.15) is 17.5 Å². The van der Waals surface area contributed by atoms with Crippen molar-refractivity contribution in [1.82, 2.24) is 0 Å². The van der Waals surface area contributed by atoms with Gasteiger partial charge in [-0.25, -0.2) is 4.39 Å². The van der Waals surface area contributed by atoms with Gasteiger partial charge in [-0.3, -0.25) is 9.59 Å². The van der Waals surface area contributed by atoms with E-state index in [2.05, 4.69) is 0 Å². The maximum atomic E-state index is 13.3. The lowest BCUT2D eigenvalue weighted by Crippen LogP contribution is -2.20. The monoisotopic (exact) mass is 230 g/mol. The van der Waals surface area contributed by atoms with Gasteiger partial charge in [0, 0.05) is 10.6 Å². The number of Topliss-reactive ketones (excluding diaryl/α,β-unsaturated/α-hetero) is 1. The van der Waals surface area contributed by atoms with Crippen LogP contribution < -0.4 is 0 Å². The van der Waals surface area contributed by atoms with Crippen molar-refractivity contribution < 1.29 is 19.1 Å². The third kappa shape index (κ3) is 2.33. The van der Waals surface area contributed by atoms with E-state index in [4.69, 9.17) is 16.7 Å². The first kappa shape index (κ1) is 11.7. The van der Waals surface area contributed by atoms with Crippen molar-refractivity contribution in [2.45, 2.75) is 12.8 Å². The zero-order chi connectivity index (χ0) is 11.6. The van der Waals surface area contributed by atoms with Crippen LogP contribution in [-0.2, 0) is 9.59 Å². The van der Waals surface area contributed by atoms with Gasteiger partial charge < -0.3 is 5.11 Å². The number of halogens is 2. The maximum absolute atomic E-state index is 13.3. The Bertz CT molecular complexity index is 383. The second-order valence-corrected chi connectivity index (χ2v) is 3.42. The standard InChI is InChI=1S/C10H8ClFO3/c1-5(13)8(10(14)15)9-6(11)3-2-4-7(9)12/h2-4,8H,1H3,(H,14,15)/t8-/m1/s1. The summed E-state index contributed by atoms with van der Waals surface area (Å²) < 4.78 is 13.3. The summed E-state index contributed by atoms with van der Waals surface area (Å²) in [5.41, 5.74) is -0.279. The summed E-state index contributed by atoms with van der Waals surface area (Å²) >= 11 is 5.66. The minimum absolute atomic E-state index is 0.0578. The van der Waals surface area contributed by atoms with E-state index in [0.29, 0.717) is 0 Å². The van der Waals surface area contributed by atoms with Crippen LogP contribution in [0, 0.1) is 5.82 Å². The second-order valence-electron chi connectivity index (χ2n) is 3.02. The molecule has 0 spiro atoms. The molecule has 1 N–H and O–H groups in total. The molecule has 0 unspecified atom stereocenters. The van der Waals surface area contributed by atoms with E-state index in [-0.39, 0.29) is 10.6 Å². The number of carbonyl (C=O) groups is 2. The summed E-state index contributed by atoms with van der Waals surface area (Å²) in [4.78, 5) is 21.9. The predicted molar refractivity (Wildman–Crippen MR) is 52.5 cm³/mol. The zero-order valence-electron chi connectivity index (χ0n) is 7.83. The van der Waals surface area contributed by atoms with E-state index in [9.17, 15) is 14.0 Å². The number of carboxylic acid groups (broad SMARTS) is 1. The number of aliphatic carboxylic acids is 1. The van der Waals surface area contributed by atoms with E-state index in [1.54, 1.807) is 0 Å². The Morgan fingerprint density at radius 3 is 2.47 bits per heavy atom. The average molecular weight is 231 g/mol. The van der Waals surface area contributed by atoms with Crippen LogP contribution >= 0.6 is 11.6 Å². The number of hydrogen-bond donors (Lipinski definition) is 1. The Hall–Kier alpha value is -1.42. The van der Waals surface area contributed by atoms with Crippen molar-refractivity contribution in [3.05, 3.63) is 34.6 Å². The summed E-state index contributed by atoms with van der Waals surface area (Å²) in [6.45, 7) is 1.08. The van der Waals surface area contributed by atoms with Crippen LogP contribution in [0.3, 0.4) is 0 Å². The highest BCUT2D eigenvalue weighted by atomic mass is 35.5. The van der Waals surface area contributed by atoms with E-state index in [1.165, 1.54) is 12.1 Å². The van der Waals surface area contributed by atoms with Gasteiger partial charge in [-0.15, -0.1) is 0 Å². The molecule has 1 rings (SSSR count). The first-order valence-electron chi connectivity index (χ1n) is 4.12. The molecule has 0 bridgehead atoms. The fraction of sp³-hybridized carbons (Fsp3) is 0.200. The van der Waals surface area contributed by atoms with E-state index >= 15 is 0 Å². The lowest BCUT2D eigenvalue weighted by molar-refractivity contribution is -0.142. The van der Waals surface area contributed by atoms with Crippen LogP contribution in [0.4, 0.5) is 4.39 Å². The molecular formula is C10H8ClFO3. The van der Waals surface area contributed by atoms with Gasteiger partial charge in [0.2, 0.25) is 0 Å². The van der Waals surface area contributed by atoms with Gasteiger partial charge in [-0.2, -0.15) is 0 Å². The van der Waals surface area contributed by atoms with Crippen LogP contribution in [0.5, 0.6) is 0 Å². The maximum Gasteiger partial charge on any atom is 0.318 e. The molecule has 0 radical (unpaired) electrons. The molecule has 0 aromatic heterocycles. The molecule has 3 nitrogen and oxygen atoms in total. The van der Waals surface area contributed by atoms with Crippen molar-refractivity contribution in [2.75, 3.05) is 0 Å². The first-order valence-corrected chi connectivity index (χ1v) is 4.50. The topological polar surface area (TPSA) is 54.4 Å². The number of rotatable bonds is 3. The zero-order valence-corrected chi connectivity index (χ0v) is 8.58. The number of ketones is 1. The highest BCUT2D eigenvalue weighted by Crippen LogP contribution is 2.28.